The van der Waals surface area contributed by atoms with Crippen LogP contribution >= 0.6 is 0 Å². The van der Waals surface area contributed by atoms with Crippen LogP contribution < -0.4 is 10.2 Å². The summed E-state index contributed by atoms with van der Waals surface area (Å²) in [4.78, 5) is 11.5. The van der Waals surface area contributed by atoms with Gasteiger partial charge in [-0.15, -0.1) is 0 Å². The average molecular weight is 340 g/mol. The highest BCUT2D eigenvalue weighted by Crippen LogP contribution is 2.37. The van der Waals surface area contributed by atoms with Gasteiger partial charge >= 0.3 is 5.97 Å². The summed E-state index contributed by atoms with van der Waals surface area (Å²) in [5.74, 6) is 0.354. The molecule has 5 nitrogen and oxygen atoms in total. The number of benzene rings is 2. The van der Waals surface area contributed by atoms with Crippen LogP contribution in [0.25, 0.3) is 0 Å². The fourth-order valence-electron chi connectivity index (χ4n) is 2.63. The summed E-state index contributed by atoms with van der Waals surface area (Å²) in [6, 6.07) is 9.64. The van der Waals surface area contributed by atoms with E-state index in [9.17, 15) is 9.90 Å². The topological polar surface area (TPSA) is 70.9 Å². The van der Waals surface area contributed by atoms with Crippen molar-refractivity contribution in [2.45, 2.75) is 41.0 Å². The van der Waals surface area contributed by atoms with Crippen molar-refractivity contribution in [1.29, 1.82) is 0 Å². The van der Waals surface area contributed by atoms with E-state index in [4.69, 9.17) is 4.74 Å². The lowest BCUT2D eigenvalue weighted by molar-refractivity contribution is -0.132. The van der Waals surface area contributed by atoms with Crippen LogP contribution in [0.1, 0.15) is 36.1 Å². The van der Waals surface area contributed by atoms with Crippen LogP contribution in [0.5, 0.6) is 11.5 Å². The number of carbonyl (C=O) groups is 1. The van der Waals surface area contributed by atoms with Crippen molar-refractivity contribution < 1.29 is 14.6 Å². The molecule has 0 spiro atoms. The normalized spacial score (nSPS) is 11.3. The Morgan fingerprint density at radius 3 is 2.32 bits per heavy atom. The number of ether oxygens (including phenoxy) is 1. The molecule has 0 unspecified atom stereocenters. The molecule has 25 heavy (non-hydrogen) atoms. The van der Waals surface area contributed by atoms with Gasteiger partial charge in [-0.1, -0.05) is 18.2 Å². The summed E-state index contributed by atoms with van der Waals surface area (Å²) in [6.07, 6.45) is 0.461. The molecular weight excluding hydrogens is 316 g/mol. The SMILES string of the molecule is CC(=O)Oc1c(C)c(C)c(O)c(C)c1C/C(C)=N/Nc1ccccc1. The second-order valence-electron chi connectivity index (χ2n) is 6.13. The van der Waals surface area contributed by atoms with Crippen molar-refractivity contribution in [2.75, 3.05) is 5.43 Å². The Bertz CT molecular complexity index is 812. The Labute approximate surface area is 148 Å². The van der Waals surface area contributed by atoms with Gasteiger partial charge in [0.1, 0.15) is 11.5 Å². The van der Waals surface area contributed by atoms with Crippen LogP contribution in [-0.4, -0.2) is 16.8 Å². The molecule has 0 aliphatic heterocycles. The van der Waals surface area contributed by atoms with Crippen molar-refractivity contribution in [1.82, 2.24) is 0 Å². The number of hydrazone groups is 1. The monoisotopic (exact) mass is 340 g/mol. The van der Waals surface area contributed by atoms with Crippen LogP contribution in [0.2, 0.25) is 0 Å². The molecule has 132 valence electrons. The maximum atomic E-state index is 11.5. The number of anilines is 1. The first-order chi connectivity index (χ1) is 11.8. The van der Waals surface area contributed by atoms with Crippen LogP contribution in [-0.2, 0) is 11.2 Å². The number of phenolic OH excluding ortho intramolecular Hbond substituents is 1. The summed E-state index contributed by atoms with van der Waals surface area (Å²) in [5, 5.41) is 14.7. The van der Waals surface area contributed by atoms with E-state index in [1.165, 1.54) is 6.92 Å². The number of nitrogens with one attached hydrogen (secondary N) is 1. The molecule has 0 saturated carbocycles. The lowest BCUT2D eigenvalue weighted by atomic mass is 9.94. The molecule has 0 aliphatic rings. The lowest BCUT2D eigenvalue weighted by Crippen LogP contribution is -2.11. The molecule has 0 saturated heterocycles. The fraction of sp³-hybridized carbons (Fsp3) is 0.300. The molecule has 0 amide bonds. The molecule has 0 atom stereocenters. The molecule has 2 aromatic carbocycles. The van der Waals surface area contributed by atoms with Crippen LogP contribution in [0.4, 0.5) is 5.69 Å². The van der Waals surface area contributed by atoms with E-state index in [0.717, 1.165) is 28.1 Å². The van der Waals surface area contributed by atoms with Gasteiger partial charge in [-0.25, -0.2) is 0 Å². The van der Waals surface area contributed by atoms with Crippen molar-refractivity contribution in [3.63, 3.8) is 0 Å². The van der Waals surface area contributed by atoms with E-state index in [1.54, 1.807) is 0 Å². The minimum atomic E-state index is -0.383. The number of aromatic hydroxyl groups is 1. The highest BCUT2D eigenvalue weighted by atomic mass is 16.5. The summed E-state index contributed by atoms with van der Waals surface area (Å²) >= 11 is 0. The van der Waals surface area contributed by atoms with Gasteiger partial charge in [0.25, 0.3) is 0 Å². The number of hydrogen-bond acceptors (Lipinski definition) is 5. The summed E-state index contributed by atoms with van der Waals surface area (Å²) in [6.45, 7) is 8.73. The standard InChI is InChI=1S/C20H24N2O3/c1-12(21-22-17-9-7-6-8-10-17)11-18-15(4)19(24)13(2)14(3)20(18)25-16(5)23/h6-10,22,24H,11H2,1-5H3/b21-12+. The first kappa shape index (κ1) is 18.5. The first-order valence-corrected chi connectivity index (χ1v) is 8.15. The van der Waals surface area contributed by atoms with Crippen LogP contribution in [0, 0.1) is 20.8 Å². The summed E-state index contributed by atoms with van der Waals surface area (Å²) in [5.41, 5.74) is 7.65. The molecular formula is C20H24N2O3. The molecule has 2 rings (SSSR count). The number of esters is 1. The van der Waals surface area contributed by atoms with Crippen molar-refractivity contribution in [2.24, 2.45) is 5.10 Å². The Balaban J connectivity index is 2.35. The van der Waals surface area contributed by atoms with Crippen molar-refractivity contribution in [3.05, 3.63) is 52.6 Å². The van der Waals surface area contributed by atoms with E-state index in [2.05, 4.69) is 10.5 Å². The van der Waals surface area contributed by atoms with Crippen molar-refractivity contribution >= 4 is 17.4 Å². The highest BCUT2D eigenvalue weighted by molar-refractivity contribution is 5.87. The number of nitrogens with zero attached hydrogens (tertiary/aromatic N) is 1. The smallest absolute Gasteiger partial charge is 0.308 e. The van der Waals surface area contributed by atoms with Gasteiger partial charge < -0.3 is 9.84 Å². The van der Waals surface area contributed by atoms with Gasteiger partial charge in [-0.3, -0.25) is 10.2 Å². The third-order valence-corrected chi connectivity index (χ3v) is 4.17. The molecule has 0 aliphatic carbocycles. The highest BCUT2D eigenvalue weighted by Gasteiger charge is 2.20. The maximum Gasteiger partial charge on any atom is 0.308 e. The minimum absolute atomic E-state index is 0.229. The van der Waals surface area contributed by atoms with Crippen LogP contribution in [0.15, 0.2) is 35.4 Å². The second-order valence-corrected chi connectivity index (χ2v) is 6.13. The largest absolute Gasteiger partial charge is 0.507 e. The van der Waals surface area contributed by atoms with Gasteiger partial charge in [0.2, 0.25) is 0 Å². The summed E-state index contributed by atoms with van der Waals surface area (Å²) < 4.78 is 5.43. The van der Waals surface area contributed by atoms with Gasteiger partial charge in [0.05, 0.1) is 5.69 Å². The number of phenols is 1. The third-order valence-electron chi connectivity index (χ3n) is 4.17. The van der Waals surface area contributed by atoms with Gasteiger partial charge in [-0.05, 0) is 56.5 Å². The van der Waals surface area contributed by atoms with Crippen molar-refractivity contribution in [3.8, 4) is 11.5 Å². The Morgan fingerprint density at radius 2 is 1.72 bits per heavy atom. The fourth-order valence-corrected chi connectivity index (χ4v) is 2.63. The quantitative estimate of drug-likeness (QED) is 0.369. The molecule has 5 heteroatoms. The van der Waals surface area contributed by atoms with Gasteiger partial charge in [-0.2, -0.15) is 5.10 Å². The average Bonchev–Trinajstić information content (AvgIpc) is 2.60. The predicted octanol–water partition coefficient (Wildman–Crippen LogP) is 4.27. The lowest BCUT2D eigenvalue weighted by Gasteiger charge is -2.18. The molecule has 2 N–H and O–H groups in total. The zero-order chi connectivity index (χ0) is 18.6. The van der Waals surface area contributed by atoms with Gasteiger partial charge in [0, 0.05) is 24.6 Å². The van der Waals surface area contributed by atoms with E-state index in [0.29, 0.717) is 17.7 Å². The zero-order valence-electron chi connectivity index (χ0n) is 15.3. The minimum Gasteiger partial charge on any atom is -0.507 e. The number of rotatable bonds is 5. The van der Waals surface area contributed by atoms with Crippen LogP contribution in [0.3, 0.4) is 0 Å². The first-order valence-electron chi connectivity index (χ1n) is 8.15. The Hall–Kier alpha value is -2.82. The number of hydrogen-bond donors (Lipinski definition) is 2. The van der Waals surface area contributed by atoms with E-state index < -0.39 is 0 Å². The Kier molecular flexibility index (Phi) is 5.80. The molecule has 0 bridgehead atoms. The maximum absolute atomic E-state index is 11.5. The number of para-hydroxylation sites is 1. The molecule has 0 aromatic heterocycles. The summed E-state index contributed by atoms with van der Waals surface area (Å²) in [7, 11) is 0. The molecule has 0 heterocycles. The second kappa shape index (κ2) is 7.83. The zero-order valence-corrected chi connectivity index (χ0v) is 15.3. The number of carbonyl (C=O) groups excluding carboxylic acids is 1. The molecule has 0 fully saturated rings. The third kappa shape index (κ3) is 4.38. The van der Waals surface area contributed by atoms with E-state index >= 15 is 0 Å². The van der Waals surface area contributed by atoms with E-state index in [-0.39, 0.29) is 11.7 Å². The molecule has 0 radical (unpaired) electrons. The Morgan fingerprint density at radius 1 is 1.08 bits per heavy atom. The van der Waals surface area contributed by atoms with E-state index in [1.807, 2.05) is 58.0 Å². The molecule has 2 aromatic rings. The predicted molar refractivity (Wildman–Crippen MR) is 101 cm³/mol. The van der Waals surface area contributed by atoms with Gasteiger partial charge in [0.15, 0.2) is 0 Å².